The van der Waals surface area contributed by atoms with Crippen LogP contribution in [0.15, 0.2) is 42.5 Å². The summed E-state index contributed by atoms with van der Waals surface area (Å²) in [4.78, 5) is 23.2. The molecule has 0 heterocycles. The Morgan fingerprint density at radius 3 is 2.58 bits per heavy atom. The number of rotatable bonds is 6. The number of carbonyl (C=O) groups is 2. The molecule has 0 aromatic heterocycles. The van der Waals surface area contributed by atoms with Gasteiger partial charge in [0.05, 0.1) is 6.54 Å². The third-order valence-corrected chi connectivity index (χ3v) is 3.50. The molecule has 2 amide bonds. The second kappa shape index (κ2) is 8.15. The number of benzene rings is 2. The van der Waals surface area contributed by atoms with E-state index in [0.29, 0.717) is 24.4 Å². The number of amides is 2. The molecule has 0 bridgehead atoms. The molecule has 0 saturated carbocycles. The Hall–Kier alpha value is -2.82. The number of urea groups is 1. The predicted octanol–water partition coefficient (Wildman–Crippen LogP) is 3.71. The molecule has 0 spiro atoms. The minimum atomic E-state index is -0.333. The second-order valence-corrected chi connectivity index (χ2v) is 5.64. The number of nitrogens with one attached hydrogen (secondary N) is 2. The monoisotopic (exact) mass is 326 g/mol. The van der Waals surface area contributed by atoms with Crippen LogP contribution in [0.5, 0.6) is 5.75 Å². The molecule has 0 saturated heterocycles. The van der Waals surface area contributed by atoms with Crippen molar-refractivity contribution in [2.45, 2.75) is 20.8 Å². The molecular weight excluding hydrogens is 304 g/mol. The number of Topliss-reactive ketones (excluding diaryl/α,β-unsaturated/α-hetero) is 1. The zero-order chi connectivity index (χ0) is 17.5. The van der Waals surface area contributed by atoms with E-state index in [9.17, 15) is 9.59 Å². The molecule has 126 valence electrons. The summed E-state index contributed by atoms with van der Waals surface area (Å²) in [7, 11) is 0. The lowest BCUT2D eigenvalue weighted by atomic mass is 10.1. The molecule has 2 N–H and O–H groups in total. The third-order valence-electron chi connectivity index (χ3n) is 3.50. The van der Waals surface area contributed by atoms with E-state index < -0.39 is 0 Å². The normalized spacial score (nSPS) is 10.1. The van der Waals surface area contributed by atoms with E-state index in [0.717, 1.165) is 11.3 Å². The van der Waals surface area contributed by atoms with E-state index in [1.54, 1.807) is 24.3 Å². The highest BCUT2D eigenvalue weighted by Gasteiger charge is 2.05. The van der Waals surface area contributed by atoms with Crippen molar-refractivity contribution in [3.05, 3.63) is 59.2 Å². The van der Waals surface area contributed by atoms with Crippen LogP contribution in [0, 0.1) is 13.8 Å². The number of hydrogen-bond acceptors (Lipinski definition) is 3. The molecule has 5 nitrogen and oxygen atoms in total. The van der Waals surface area contributed by atoms with Crippen LogP contribution in [0.4, 0.5) is 10.5 Å². The molecule has 2 aromatic carbocycles. The first-order valence-corrected chi connectivity index (χ1v) is 7.81. The average Bonchev–Trinajstić information content (AvgIpc) is 2.53. The Kier molecular flexibility index (Phi) is 5.95. The van der Waals surface area contributed by atoms with Gasteiger partial charge in [-0.15, -0.1) is 0 Å². The van der Waals surface area contributed by atoms with E-state index in [2.05, 4.69) is 16.7 Å². The van der Waals surface area contributed by atoms with Gasteiger partial charge in [-0.1, -0.05) is 29.8 Å². The lowest BCUT2D eigenvalue weighted by molar-refractivity contribution is 0.101. The number of ether oxygens (including phenoxy) is 1. The summed E-state index contributed by atoms with van der Waals surface area (Å²) in [6.45, 7) is 6.27. The molecule has 5 heteroatoms. The summed E-state index contributed by atoms with van der Waals surface area (Å²) in [6.07, 6.45) is 0. The van der Waals surface area contributed by atoms with Crippen LogP contribution in [-0.4, -0.2) is 25.0 Å². The minimum absolute atomic E-state index is 0.0408. The summed E-state index contributed by atoms with van der Waals surface area (Å²) in [5.74, 6) is 0.776. The number of hydrogen-bond donors (Lipinski definition) is 2. The predicted molar refractivity (Wildman–Crippen MR) is 94.9 cm³/mol. The van der Waals surface area contributed by atoms with Crippen LogP contribution in [0.25, 0.3) is 0 Å². The topological polar surface area (TPSA) is 67.4 Å². The largest absolute Gasteiger partial charge is 0.491 e. The zero-order valence-corrected chi connectivity index (χ0v) is 14.2. The Labute approximate surface area is 142 Å². The van der Waals surface area contributed by atoms with Gasteiger partial charge in [-0.3, -0.25) is 4.79 Å². The highest BCUT2D eigenvalue weighted by Crippen LogP contribution is 2.18. The van der Waals surface area contributed by atoms with Gasteiger partial charge in [0.15, 0.2) is 5.78 Å². The van der Waals surface area contributed by atoms with Gasteiger partial charge in [0.25, 0.3) is 0 Å². The fourth-order valence-electron chi connectivity index (χ4n) is 2.28. The average molecular weight is 326 g/mol. The van der Waals surface area contributed by atoms with Crippen LogP contribution in [0.2, 0.25) is 0 Å². The Morgan fingerprint density at radius 2 is 1.88 bits per heavy atom. The molecule has 2 rings (SSSR count). The van der Waals surface area contributed by atoms with Gasteiger partial charge in [-0.2, -0.15) is 0 Å². The van der Waals surface area contributed by atoms with Gasteiger partial charge >= 0.3 is 6.03 Å². The van der Waals surface area contributed by atoms with Crippen molar-refractivity contribution >= 4 is 17.5 Å². The number of aryl methyl sites for hydroxylation is 2. The van der Waals surface area contributed by atoms with Crippen LogP contribution < -0.4 is 15.4 Å². The molecular formula is C19H22N2O3. The SMILES string of the molecule is CC(=O)c1cccc(NC(=O)NCCOc2ccc(C)cc2C)c1. The maximum absolute atomic E-state index is 11.9. The van der Waals surface area contributed by atoms with Crippen molar-refractivity contribution in [1.29, 1.82) is 0 Å². The standard InChI is InChI=1S/C19H22N2O3/c1-13-7-8-18(14(2)11-13)24-10-9-20-19(23)21-17-6-4-5-16(12-17)15(3)22/h4-8,11-12H,9-10H2,1-3H3,(H2,20,21,23). The minimum Gasteiger partial charge on any atom is -0.491 e. The summed E-state index contributed by atoms with van der Waals surface area (Å²) in [5, 5.41) is 5.42. The number of carbonyl (C=O) groups excluding carboxylic acids is 2. The quantitative estimate of drug-likeness (QED) is 0.628. The van der Waals surface area contributed by atoms with Crippen molar-refractivity contribution in [2.75, 3.05) is 18.5 Å². The Morgan fingerprint density at radius 1 is 1.08 bits per heavy atom. The van der Waals surface area contributed by atoms with Crippen molar-refractivity contribution in [2.24, 2.45) is 0 Å². The van der Waals surface area contributed by atoms with E-state index in [-0.39, 0.29) is 11.8 Å². The third kappa shape index (κ3) is 5.12. The highest BCUT2D eigenvalue weighted by molar-refractivity contribution is 5.96. The smallest absolute Gasteiger partial charge is 0.319 e. The van der Waals surface area contributed by atoms with Crippen LogP contribution in [0.3, 0.4) is 0 Å². The van der Waals surface area contributed by atoms with Gasteiger partial charge in [-0.25, -0.2) is 4.79 Å². The van der Waals surface area contributed by atoms with Crippen LogP contribution in [-0.2, 0) is 0 Å². The van der Waals surface area contributed by atoms with Crippen molar-refractivity contribution in [3.8, 4) is 5.75 Å². The first-order chi connectivity index (χ1) is 11.5. The van der Waals surface area contributed by atoms with E-state index in [4.69, 9.17) is 4.74 Å². The molecule has 0 aliphatic carbocycles. The molecule has 2 aromatic rings. The lowest BCUT2D eigenvalue weighted by Crippen LogP contribution is -2.32. The van der Waals surface area contributed by atoms with Crippen LogP contribution in [0.1, 0.15) is 28.4 Å². The van der Waals surface area contributed by atoms with Gasteiger partial charge in [0.1, 0.15) is 12.4 Å². The van der Waals surface area contributed by atoms with Gasteiger partial charge in [-0.05, 0) is 44.5 Å². The maximum atomic E-state index is 11.9. The summed E-state index contributed by atoms with van der Waals surface area (Å²) < 4.78 is 5.66. The molecule has 0 aliphatic rings. The fraction of sp³-hybridized carbons (Fsp3) is 0.263. The molecule has 0 radical (unpaired) electrons. The molecule has 0 aliphatic heterocycles. The first kappa shape index (κ1) is 17.5. The molecule has 0 atom stereocenters. The highest BCUT2D eigenvalue weighted by atomic mass is 16.5. The van der Waals surface area contributed by atoms with Crippen LogP contribution >= 0.6 is 0 Å². The summed E-state index contributed by atoms with van der Waals surface area (Å²) in [6, 6.07) is 12.5. The second-order valence-electron chi connectivity index (χ2n) is 5.64. The van der Waals surface area contributed by atoms with Crippen molar-refractivity contribution in [1.82, 2.24) is 5.32 Å². The molecule has 0 unspecified atom stereocenters. The van der Waals surface area contributed by atoms with Crippen molar-refractivity contribution in [3.63, 3.8) is 0 Å². The fourth-order valence-corrected chi connectivity index (χ4v) is 2.28. The Bertz CT molecular complexity index is 741. The number of anilines is 1. The zero-order valence-electron chi connectivity index (χ0n) is 14.2. The first-order valence-electron chi connectivity index (χ1n) is 7.81. The summed E-state index contributed by atoms with van der Waals surface area (Å²) >= 11 is 0. The van der Waals surface area contributed by atoms with Gasteiger partial charge < -0.3 is 15.4 Å². The van der Waals surface area contributed by atoms with Gasteiger partial charge in [0, 0.05) is 11.3 Å². The Balaban J connectivity index is 1.77. The lowest BCUT2D eigenvalue weighted by Gasteiger charge is -2.11. The van der Waals surface area contributed by atoms with Crippen molar-refractivity contribution < 1.29 is 14.3 Å². The summed E-state index contributed by atoms with van der Waals surface area (Å²) in [5.41, 5.74) is 3.40. The number of ketones is 1. The molecule has 24 heavy (non-hydrogen) atoms. The maximum Gasteiger partial charge on any atom is 0.319 e. The van der Waals surface area contributed by atoms with E-state index in [1.165, 1.54) is 12.5 Å². The van der Waals surface area contributed by atoms with E-state index >= 15 is 0 Å². The molecule has 0 fully saturated rings. The van der Waals surface area contributed by atoms with E-state index in [1.807, 2.05) is 26.0 Å². The van der Waals surface area contributed by atoms with Gasteiger partial charge in [0.2, 0.25) is 0 Å².